The number of para-hydroxylation sites is 1. The molecule has 2 aromatic rings. The van der Waals surface area contributed by atoms with Gasteiger partial charge in [-0.05, 0) is 45.7 Å². The Morgan fingerprint density at radius 2 is 2.24 bits per heavy atom. The summed E-state index contributed by atoms with van der Waals surface area (Å²) in [6.45, 7) is 6.90. The summed E-state index contributed by atoms with van der Waals surface area (Å²) in [7, 11) is 0. The Balaban J connectivity index is 2.05. The maximum absolute atomic E-state index is 6.18. The summed E-state index contributed by atoms with van der Waals surface area (Å²) >= 11 is 0. The number of anilines is 1. The summed E-state index contributed by atoms with van der Waals surface area (Å²) < 4.78 is 13.6. The van der Waals surface area contributed by atoms with E-state index in [0.29, 0.717) is 12.0 Å². The van der Waals surface area contributed by atoms with Crippen molar-refractivity contribution in [3.8, 4) is 5.75 Å². The maximum atomic E-state index is 6.18. The first-order chi connectivity index (χ1) is 10.1. The number of fused-ring (bicyclic) bond motifs is 1. The van der Waals surface area contributed by atoms with Crippen LogP contribution < -0.4 is 10.5 Å². The van der Waals surface area contributed by atoms with Crippen LogP contribution in [0.1, 0.15) is 39.7 Å². The van der Waals surface area contributed by atoms with Gasteiger partial charge < -0.3 is 19.8 Å². The molecule has 2 N–H and O–H groups in total. The maximum Gasteiger partial charge on any atom is 0.201 e. The van der Waals surface area contributed by atoms with Crippen molar-refractivity contribution in [2.45, 2.75) is 51.9 Å². The van der Waals surface area contributed by atoms with Crippen molar-refractivity contribution < 1.29 is 9.47 Å². The molecule has 0 aliphatic carbocycles. The lowest BCUT2D eigenvalue weighted by Crippen LogP contribution is -2.26. The van der Waals surface area contributed by atoms with Gasteiger partial charge in [0.05, 0.1) is 17.7 Å². The van der Waals surface area contributed by atoms with Crippen molar-refractivity contribution in [1.82, 2.24) is 9.55 Å². The van der Waals surface area contributed by atoms with E-state index in [4.69, 9.17) is 15.2 Å². The van der Waals surface area contributed by atoms with Gasteiger partial charge in [0.25, 0.3) is 0 Å². The number of nitrogen functional groups attached to an aromatic ring is 1. The predicted octanol–water partition coefficient (Wildman–Crippen LogP) is 3.15. The second-order valence-corrected chi connectivity index (χ2v) is 5.99. The molecule has 2 heterocycles. The van der Waals surface area contributed by atoms with Gasteiger partial charge in [-0.3, -0.25) is 0 Å². The van der Waals surface area contributed by atoms with E-state index in [9.17, 15) is 0 Å². The first-order valence-electron chi connectivity index (χ1n) is 7.61. The molecule has 0 radical (unpaired) electrons. The zero-order valence-electron chi connectivity index (χ0n) is 12.9. The minimum Gasteiger partial charge on any atom is -0.489 e. The summed E-state index contributed by atoms with van der Waals surface area (Å²) in [4.78, 5) is 4.54. The Labute approximate surface area is 125 Å². The molecule has 0 saturated carbocycles. The number of imidazole rings is 1. The number of hydrogen-bond donors (Lipinski definition) is 1. The highest BCUT2D eigenvalue weighted by atomic mass is 16.5. The van der Waals surface area contributed by atoms with E-state index in [2.05, 4.69) is 22.5 Å². The van der Waals surface area contributed by atoms with Crippen LogP contribution >= 0.6 is 0 Å². The number of aromatic nitrogens is 2. The number of rotatable bonds is 3. The molecule has 1 aromatic carbocycles. The summed E-state index contributed by atoms with van der Waals surface area (Å²) in [5.74, 6) is 1.36. The molecule has 21 heavy (non-hydrogen) atoms. The molecule has 1 fully saturated rings. The van der Waals surface area contributed by atoms with Crippen LogP contribution in [0.15, 0.2) is 18.2 Å². The van der Waals surface area contributed by atoms with E-state index >= 15 is 0 Å². The standard InChI is InChI=1S/C16H23N3O2/c1-10(2)21-14-6-4-5-13-15(14)18-16(17)19(13)12-7-8-20-11(3)9-12/h4-6,10-12H,7-9H2,1-3H3,(H2,17,18). The molecule has 3 rings (SSSR count). The van der Waals surface area contributed by atoms with Crippen LogP contribution in [0.2, 0.25) is 0 Å². The molecule has 1 aromatic heterocycles. The van der Waals surface area contributed by atoms with Gasteiger partial charge in [0, 0.05) is 12.6 Å². The quantitative estimate of drug-likeness (QED) is 0.943. The van der Waals surface area contributed by atoms with Gasteiger partial charge in [0.2, 0.25) is 5.95 Å². The Kier molecular flexibility index (Phi) is 3.76. The van der Waals surface area contributed by atoms with Gasteiger partial charge >= 0.3 is 0 Å². The molecule has 0 bridgehead atoms. The van der Waals surface area contributed by atoms with Crippen molar-refractivity contribution >= 4 is 17.0 Å². The summed E-state index contributed by atoms with van der Waals surface area (Å²) in [6.07, 6.45) is 2.31. The van der Waals surface area contributed by atoms with Crippen LogP contribution in [-0.2, 0) is 4.74 Å². The van der Waals surface area contributed by atoms with Crippen molar-refractivity contribution in [2.24, 2.45) is 0 Å². The van der Waals surface area contributed by atoms with Gasteiger partial charge in [-0.25, -0.2) is 4.98 Å². The summed E-state index contributed by atoms with van der Waals surface area (Å²) in [6, 6.07) is 6.35. The van der Waals surface area contributed by atoms with Crippen molar-refractivity contribution in [3.63, 3.8) is 0 Å². The van der Waals surface area contributed by atoms with E-state index in [-0.39, 0.29) is 12.2 Å². The Bertz CT molecular complexity index is 636. The number of hydrogen-bond acceptors (Lipinski definition) is 4. The van der Waals surface area contributed by atoms with E-state index in [1.807, 2.05) is 26.0 Å². The van der Waals surface area contributed by atoms with Crippen LogP contribution in [0.4, 0.5) is 5.95 Å². The molecule has 0 amide bonds. The SMILES string of the molecule is CC(C)Oc1cccc2c1nc(N)n2C1CCOC(C)C1. The lowest BCUT2D eigenvalue weighted by molar-refractivity contribution is 0.00714. The average molecular weight is 289 g/mol. The minimum atomic E-state index is 0.116. The second-order valence-electron chi connectivity index (χ2n) is 5.99. The number of nitrogens with two attached hydrogens (primary N) is 1. The molecule has 2 unspecified atom stereocenters. The van der Waals surface area contributed by atoms with E-state index < -0.39 is 0 Å². The monoisotopic (exact) mass is 289 g/mol. The van der Waals surface area contributed by atoms with Crippen LogP contribution in [0.3, 0.4) is 0 Å². The topological polar surface area (TPSA) is 62.3 Å². The largest absolute Gasteiger partial charge is 0.489 e. The molecule has 0 spiro atoms. The van der Waals surface area contributed by atoms with Crippen LogP contribution in [0.5, 0.6) is 5.75 Å². The Morgan fingerprint density at radius 1 is 1.43 bits per heavy atom. The first kappa shape index (κ1) is 14.2. The molecule has 114 valence electrons. The molecule has 1 aliphatic heterocycles. The van der Waals surface area contributed by atoms with E-state index in [1.165, 1.54) is 0 Å². The lowest BCUT2D eigenvalue weighted by Gasteiger charge is -2.29. The van der Waals surface area contributed by atoms with Gasteiger partial charge in [-0.2, -0.15) is 0 Å². The van der Waals surface area contributed by atoms with Gasteiger partial charge in [-0.1, -0.05) is 6.07 Å². The van der Waals surface area contributed by atoms with Crippen molar-refractivity contribution in [3.05, 3.63) is 18.2 Å². The smallest absolute Gasteiger partial charge is 0.201 e. The molecular weight excluding hydrogens is 266 g/mol. The van der Waals surface area contributed by atoms with Crippen LogP contribution in [0, 0.1) is 0 Å². The Morgan fingerprint density at radius 3 is 2.95 bits per heavy atom. The van der Waals surface area contributed by atoms with Gasteiger partial charge in [-0.15, -0.1) is 0 Å². The summed E-state index contributed by atoms with van der Waals surface area (Å²) in [5.41, 5.74) is 8.08. The average Bonchev–Trinajstić information content (AvgIpc) is 2.75. The highest BCUT2D eigenvalue weighted by molar-refractivity contribution is 5.84. The fourth-order valence-electron chi connectivity index (χ4n) is 3.05. The highest BCUT2D eigenvalue weighted by Crippen LogP contribution is 2.34. The Hall–Kier alpha value is -1.75. The normalized spacial score (nSPS) is 22.9. The van der Waals surface area contributed by atoms with Gasteiger partial charge in [0.1, 0.15) is 11.3 Å². The van der Waals surface area contributed by atoms with Crippen molar-refractivity contribution in [2.75, 3.05) is 12.3 Å². The molecule has 2 atom stereocenters. The fourth-order valence-corrected chi connectivity index (χ4v) is 3.05. The number of nitrogens with zero attached hydrogens (tertiary/aromatic N) is 2. The molecular formula is C16H23N3O2. The molecule has 5 heteroatoms. The predicted molar refractivity (Wildman–Crippen MR) is 83.6 cm³/mol. The highest BCUT2D eigenvalue weighted by Gasteiger charge is 2.25. The van der Waals surface area contributed by atoms with Crippen LogP contribution in [0.25, 0.3) is 11.0 Å². The fraction of sp³-hybridized carbons (Fsp3) is 0.562. The molecule has 1 saturated heterocycles. The molecule has 1 aliphatic rings. The minimum absolute atomic E-state index is 0.116. The zero-order valence-corrected chi connectivity index (χ0v) is 12.9. The number of ether oxygens (including phenoxy) is 2. The lowest BCUT2D eigenvalue weighted by atomic mass is 10.0. The van der Waals surface area contributed by atoms with E-state index in [1.54, 1.807) is 0 Å². The molecule has 5 nitrogen and oxygen atoms in total. The third-order valence-corrected chi connectivity index (χ3v) is 3.90. The van der Waals surface area contributed by atoms with Crippen LogP contribution in [-0.4, -0.2) is 28.4 Å². The second kappa shape index (κ2) is 5.56. The zero-order chi connectivity index (χ0) is 15.0. The third kappa shape index (κ3) is 2.70. The first-order valence-corrected chi connectivity index (χ1v) is 7.61. The van der Waals surface area contributed by atoms with Crippen molar-refractivity contribution in [1.29, 1.82) is 0 Å². The van der Waals surface area contributed by atoms with E-state index in [0.717, 1.165) is 36.2 Å². The van der Waals surface area contributed by atoms with Gasteiger partial charge in [0.15, 0.2) is 0 Å². The summed E-state index contributed by atoms with van der Waals surface area (Å²) in [5, 5.41) is 0. The third-order valence-electron chi connectivity index (χ3n) is 3.90. The number of benzene rings is 1.